The second kappa shape index (κ2) is 4.77. The monoisotopic (exact) mass is 195 g/mol. The maximum absolute atomic E-state index is 5.44. The fourth-order valence-corrected chi connectivity index (χ4v) is 1.46. The van der Waals surface area contributed by atoms with Gasteiger partial charge in [0.15, 0.2) is 5.17 Å². The van der Waals surface area contributed by atoms with E-state index in [-0.39, 0.29) is 0 Å². The van der Waals surface area contributed by atoms with E-state index in [4.69, 9.17) is 11.6 Å². The predicted molar refractivity (Wildman–Crippen MR) is 58.3 cm³/mol. The average molecular weight is 195 g/mol. The summed E-state index contributed by atoms with van der Waals surface area (Å²) in [4.78, 5) is 0. The first-order chi connectivity index (χ1) is 6.22. The van der Waals surface area contributed by atoms with Crippen LogP contribution in [0, 0.1) is 6.92 Å². The van der Waals surface area contributed by atoms with Crippen LogP contribution >= 0.6 is 11.8 Å². The molecule has 70 valence electrons. The van der Waals surface area contributed by atoms with E-state index in [2.05, 4.69) is 36.3 Å². The Morgan fingerprint density at radius 2 is 2.00 bits per heavy atom. The lowest BCUT2D eigenvalue weighted by molar-refractivity contribution is 1.25. The Kier molecular flexibility index (Phi) is 3.64. The first-order valence-corrected chi connectivity index (χ1v) is 4.92. The third-order valence-electron chi connectivity index (χ3n) is 1.63. The highest BCUT2D eigenvalue weighted by molar-refractivity contribution is 8.13. The Labute approximate surface area is 82.2 Å². The highest BCUT2D eigenvalue weighted by Gasteiger charge is 1.95. The Bertz CT molecular complexity index is 292. The summed E-state index contributed by atoms with van der Waals surface area (Å²) in [6, 6.07) is 8.30. The third-order valence-corrected chi connectivity index (χ3v) is 2.51. The summed E-state index contributed by atoms with van der Waals surface area (Å²) >= 11 is 1.44. The lowest BCUT2D eigenvalue weighted by Gasteiger charge is -2.00. The van der Waals surface area contributed by atoms with Gasteiger partial charge in [-0.1, -0.05) is 41.6 Å². The first-order valence-electron chi connectivity index (χ1n) is 3.94. The van der Waals surface area contributed by atoms with Crippen molar-refractivity contribution in [3.05, 3.63) is 35.4 Å². The van der Waals surface area contributed by atoms with Crippen molar-refractivity contribution in [2.75, 3.05) is 0 Å². The van der Waals surface area contributed by atoms with Crippen LogP contribution in [0.4, 0.5) is 0 Å². The van der Waals surface area contributed by atoms with Crippen molar-refractivity contribution in [1.82, 2.24) is 0 Å². The van der Waals surface area contributed by atoms with Gasteiger partial charge in [-0.05, 0) is 12.5 Å². The molecule has 0 amide bonds. The summed E-state index contributed by atoms with van der Waals surface area (Å²) in [5.74, 6) is 5.81. The third kappa shape index (κ3) is 3.38. The van der Waals surface area contributed by atoms with E-state index in [1.54, 1.807) is 0 Å². The number of benzene rings is 1. The quantitative estimate of drug-likeness (QED) is 0.324. The van der Waals surface area contributed by atoms with Gasteiger partial charge in [-0.25, -0.2) is 0 Å². The number of nitrogens with two attached hydrogens (primary N) is 2. The zero-order valence-electron chi connectivity index (χ0n) is 7.53. The van der Waals surface area contributed by atoms with Gasteiger partial charge in [0.25, 0.3) is 0 Å². The van der Waals surface area contributed by atoms with Crippen LogP contribution in [0.25, 0.3) is 0 Å². The minimum atomic E-state index is 0.417. The van der Waals surface area contributed by atoms with Crippen LogP contribution in [0.5, 0.6) is 0 Å². The molecule has 4 N–H and O–H groups in total. The number of thioether (sulfide) groups is 1. The topological polar surface area (TPSA) is 64.4 Å². The number of rotatable bonds is 2. The van der Waals surface area contributed by atoms with E-state index in [1.807, 2.05) is 0 Å². The van der Waals surface area contributed by atoms with Gasteiger partial charge in [0.05, 0.1) is 0 Å². The second-order valence-electron chi connectivity index (χ2n) is 2.74. The fourth-order valence-electron chi connectivity index (χ4n) is 0.879. The van der Waals surface area contributed by atoms with Crippen molar-refractivity contribution in [2.45, 2.75) is 12.7 Å². The minimum Gasteiger partial charge on any atom is -0.377 e. The van der Waals surface area contributed by atoms with E-state index in [0.29, 0.717) is 5.17 Å². The van der Waals surface area contributed by atoms with Gasteiger partial charge in [-0.3, -0.25) is 0 Å². The zero-order chi connectivity index (χ0) is 9.68. The van der Waals surface area contributed by atoms with Gasteiger partial charge in [0, 0.05) is 5.75 Å². The number of aryl methyl sites for hydroxylation is 1. The molecule has 0 aromatic heterocycles. The van der Waals surface area contributed by atoms with Crippen molar-refractivity contribution in [2.24, 2.45) is 16.7 Å². The molecule has 0 spiro atoms. The van der Waals surface area contributed by atoms with Crippen LogP contribution < -0.4 is 11.6 Å². The van der Waals surface area contributed by atoms with Crippen LogP contribution in [0.2, 0.25) is 0 Å². The lowest BCUT2D eigenvalue weighted by Crippen LogP contribution is -2.09. The summed E-state index contributed by atoms with van der Waals surface area (Å²) < 4.78 is 0. The highest BCUT2D eigenvalue weighted by Crippen LogP contribution is 2.12. The molecule has 0 atom stereocenters. The maximum Gasteiger partial charge on any atom is 0.177 e. The van der Waals surface area contributed by atoms with Crippen LogP contribution in [0.1, 0.15) is 11.1 Å². The normalized spacial score (nSPS) is 11.6. The number of nitrogens with zero attached hydrogens (tertiary/aromatic N) is 1. The molecule has 0 fully saturated rings. The molecule has 0 radical (unpaired) electrons. The van der Waals surface area contributed by atoms with Crippen molar-refractivity contribution in [3.8, 4) is 0 Å². The molecule has 0 unspecified atom stereocenters. The second-order valence-corrected chi connectivity index (χ2v) is 3.74. The molecular formula is C9H13N3S. The van der Waals surface area contributed by atoms with Gasteiger partial charge in [-0.15, -0.1) is 0 Å². The molecule has 0 aliphatic heterocycles. The Hall–Kier alpha value is -1.16. The zero-order valence-corrected chi connectivity index (χ0v) is 8.34. The van der Waals surface area contributed by atoms with Crippen molar-refractivity contribution in [1.29, 1.82) is 0 Å². The van der Waals surface area contributed by atoms with Gasteiger partial charge < -0.3 is 11.6 Å². The fraction of sp³-hybridized carbons (Fsp3) is 0.222. The minimum absolute atomic E-state index is 0.417. The Balaban J connectivity index is 2.51. The SMILES string of the molecule is Cc1ccc(CSC(N)=NN)cc1. The number of hydrogen-bond donors (Lipinski definition) is 2. The predicted octanol–water partition coefficient (Wildman–Crippen LogP) is 1.42. The summed E-state index contributed by atoms with van der Waals surface area (Å²) in [7, 11) is 0. The summed E-state index contributed by atoms with van der Waals surface area (Å²) in [6.45, 7) is 2.06. The van der Waals surface area contributed by atoms with Crippen molar-refractivity contribution < 1.29 is 0 Å². The molecule has 0 saturated heterocycles. The maximum atomic E-state index is 5.44. The van der Waals surface area contributed by atoms with Crippen LogP contribution in [0.3, 0.4) is 0 Å². The number of hydrazone groups is 1. The summed E-state index contributed by atoms with van der Waals surface area (Å²) in [5.41, 5.74) is 7.92. The smallest absolute Gasteiger partial charge is 0.177 e. The molecule has 0 bridgehead atoms. The molecule has 3 nitrogen and oxygen atoms in total. The lowest BCUT2D eigenvalue weighted by atomic mass is 10.2. The van der Waals surface area contributed by atoms with E-state index in [0.717, 1.165) is 5.75 Å². The van der Waals surface area contributed by atoms with Gasteiger partial charge in [0.1, 0.15) is 0 Å². The average Bonchev–Trinajstić information content (AvgIpc) is 2.16. The molecule has 0 heterocycles. The van der Waals surface area contributed by atoms with Gasteiger partial charge >= 0.3 is 0 Å². The summed E-state index contributed by atoms with van der Waals surface area (Å²) in [6.07, 6.45) is 0. The Morgan fingerprint density at radius 1 is 1.38 bits per heavy atom. The van der Waals surface area contributed by atoms with Gasteiger partial charge in [0.2, 0.25) is 0 Å². The molecule has 0 aliphatic carbocycles. The molecule has 0 aliphatic rings. The van der Waals surface area contributed by atoms with Crippen LogP contribution in [-0.4, -0.2) is 5.17 Å². The van der Waals surface area contributed by atoms with E-state index in [9.17, 15) is 0 Å². The summed E-state index contributed by atoms with van der Waals surface area (Å²) in [5, 5.41) is 3.80. The molecule has 0 saturated carbocycles. The van der Waals surface area contributed by atoms with Crippen LogP contribution in [-0.2, 0) is 5.75 Å². The van der Waals surface area contributed by atoms with Crippen molar-refractivity contribution in [3.63, 3.8) is 0 Å². The van der Waals surface area contributed by atoms with Gasteiger partial charge in [-0.2, -0.15) is 5.10 Å². The van der Waals surface area contributed by atoms with Crippen molar-refractivity contribution >= 4 is 16.9 Å². The molecular weight excluding hydrogens is 182 g/mol. The number of amidine groups is 1. The molecule has 1 aromatic rings. The molecule has 1 rings (SSSR count). The molecule has 1 aromatic carbocycles. The largest absolute Gasteiger partial charge is 0.377 e. The van der Waals surface area contributed by atoms with E-state index >= 15 is 0 Å². The van der Waals surface area contributed by atoms with E-state index in [1.165, 1.54) is 22.9 Å². The first kappa shape index (κ1) is 9.92. The Morgan fingerprint density at radius 3 is 2.54 bits per heavy atom. The highest BCUT2D eigenvalue weighted by atomic mass is 32.2. The molecule has 13 heavy (non-hydrogen) atoms. The van der Waals surface area contributed by atoms with E-state index < -0.39 is 0 Å². The standard InChI is InChI=1S/C9H13N3S/c1-7-2-4-8(5-3-7)6-13-9(10)12-11/h2-5H,6,11H2,1H3,(H2,10,12). The molecule has 4 heteroatoms. The van der Waals surface area contributed by atoms with Crippen LogP contribution in [0.15, 0.2) is 29.4 Å². The number of hydrogen-bond acceptors (Lipinski definition) is 3.